The second-order valence-corrected chi connectivity index (χ2v) is 11.2. The molecule has 1 aliphatic carbocycles. The Kier molecular flexibility index (Phi) is 6.40. The third-order valence-corrected chi connectivity index (χ3v) is 8.06. The first-order chi connectivity index (χ1) is 17.9. The topological polar surface area (TPSA) is 56.7 Å². The highest BCUT2D eigenvalue weighted by Crippen LogP contribution is 2.53. The largest absolute Gasteiger partial charge is 0.418 e. The summed E-state index contributed by atoms with van der Waals surface area (Å²) < 4.78 is 9.17. The van der Waals surface area contributed by atoms with Gasteiger partial charge < -0.3 is 4.42 Å². The highest BCUT2D eigenvalue weighted by molar-refractivity contribution is 9.10. The molecule has 1 aliphatic rings. The number of nitrogens with zero attached hydrogens (tertiary/aromatic N) is 4. The van der Waals surface area contributed by atoms with Crippen molar-refractivity contribution in [2.75, 3.05) is 0 Å². The molecule has 0 amide bonds. The van der Waals surface area contributed by atoms with Crippen LogP contribution in [0.15, 0.2) is 75.6 Å². The molecule has 6 rings (SSSR count). The Labute approximate surface area is 237 Å². The molecule has 0 saturated heterocycles. The lowest BCUT2D eigenvalue weighted by atomic mass is 9.96. The van der Waals surface area contributed by atoms with Gasteiger partial charge in [-0.2, -0.15) is 5.10 Å². The summed E-state index contributed by atoms with van der Waals surface area (Å²) in [6.45, 7) is 2.09. The molecule has 0 radical (unpaired) electrons. The molecule has 0 N–H and O–H groups in total. The van der Waals surface area contributed by atoms with Crippen LogP contribution in [0, 0.1) is 0 Å². The Hall–Kier alpha value is -2.64. The summed E-state index contributed by atoms with van der Waals surface area (Å²) in [6, 6.07) is 21.3. The summed E-state index contributed by atoms with van der Waals surface area (Å²) >= 11 is 22.6. The highest BCUT2D eigenvalue weighted by atomic mass is 79.9. The van der Waals surface area contributed by atoms with E-state index in [-0.39, 0.29) is 5.41 Å². The first-order valence-electron chi connectivity index (χ1n) is 11.8. The minimum absolute atomic E-state index is 0.306. The predicted molar refractivity (Wildman–Crippen MR) is 151 cm³/mol. The molecule has 0 bridgehead atoms. The average Bonchev–Trinajstić information content (AvgIpc) is 3.38. The van der Waals surface area contributed by atoms with Gasteiger partial charge in [-0.3, -0.25) is 0 Å². The number of hydrogen-bond acceptors (Lipinski definition) is 4. The normalized spacial score (nSPS) is 14.2. The maximum atomic E-state index is 6.64. The van der Waals surface area contributed by atoms with Crippen LogP contribution in [-0.2, 0) is 11.8 Å². The molecule has 1 saturated carbocycles. The molecule has 186 valence electrons. The van der Waals surface area contributed by atoms with Crippen molar-refractivity contribution in [2.45, 2.75) is 31.6 Å². The van der Waals surface area contributed by atoms with Gasteiger partial charge in [0.2, 0.25) is 5.89 Å². The maximum Gasteiger partial charge on any atom is 0.268 e. The summed E-state index contributed by atoms with van der Waals surface area (Å²) in [7, 11) is 0. The van der Waals surface area contributed by atoms with Crippen LogP contribution in [0.1, 0.15) is 36.8 Å². The van der Waals surface area contributed by atoms with Gasteiger partial charge in [0.15, 0.2) is 5.69 Å². The van der Waals surface area contributed by atoms with Crippen molar-refractivity contribution in [2.24, 2.45) is 0 Å². The third kappa shape index (κ3) is 4.40. The molecule has 1 fully saturated rings. The summed E-state index contributed by atoms with van der Waals surface area (Å²) in [5.41, 5.74) is 5.00. The van der Waals surface area contributed by atoms with Crippen LogP contribution < -0.4 is 0 Å². The molecule has 5 nitrogen and oxygen atoms in total. The molecule has 5 aromatic rings. The average molecular weight is 615 g/mol. The zero-order valence-electron chi connectivity index (χ0n) is 19.7. The summed E-state index contributed by atoms with van der Waals surface area (Å²) in [5, 5.41) is 15.6. The van der Waals surface area contributed by atoms with Crippen molar-refractivity contribution in [1.82, 2.24) is 20.0 Å². The Morgan fingerprint density at radius 1 is 0.946 bits per heavy atom. The second-order valence-electron chi connectivity index (χ2n) is 9.05. The van der Waals surface area contributed by atoms with E-state index >= 15 is 0 Å². The fourth-order valence-corrected chi connectivity index (χ4v) is 5.68. The standard InChI is InChI=1S/C28H20BrCl3N4O/c1-2-21-24(26-33-34-27(37-26)28(12-13-28)17-4-3-5-19(30)14-17)35-36(23-11-10-20(31)15-22(23)32)25(21)16-6-8-18(29)9-7-16/h3-11,14-15H,2,12-13H2,1H3. The third-order valence-electron chi connectivity index (χ3n) is 6.76. The minimum Gasteiger partial charge on any atom is -0.418 e. The Morgan fingerprint density at radius 3 is 2.38 bits per heavy atom. The van der Waals surface area contributed by atoms with Crippen LogP contribution in [0.25, 0.3) is 28.5 Å². The molecule has 0 unspecified atom stereocenters. The van der Waals surface area contributed by atoms with Crippen LogP contribution in [0.3, 0.4) is 0 Å². The minimum atomic E-state index is -0.306. The summed E-state index contributed by atoms with van der Waals surface area (Å²) in [4.78, 5) is 0. The zero-order chi connectivity index (χ0) is 25.7. The number of rotatable bonds is 6. The van der Waals surface area contributed by atoms with Crippen LogP contribution in [0.5, 0.6) is 0 Å². The monoisotopic (exact) mass is 612 g/mol. The predicted octanol–water partition coefficient (Wildman–Crippen LogP) is 8.95. The number of hydrogen-bond donors (Lipinski definition) is 0. The van der Waals surface area contributed by atoms with E-state index in [1.165, 1.54) is 0 Å². The molecule has 37 heavy (non-hydrogen) atoms. The van der Waals surface area contributed by atoms with E-state index in [1.54, 1.807) is 12.1 Å². The van der Waals surface area contributed by atoms with Crippen LogP contribution in [-0.4, -0.2) is 20.0 Å². The second kappa shape index (κ2) is 9.59. The fraction of sp³-hybridized carbons (Fsp3) is 0.179. The van der Waals surface area contributed by atoms with E-state index in [1.807, 2.05) is 53.2 Å². The molecule has 0 atom stereocenters. The van der Waals surface area contributed by atoms with Crippen LogP contribution in [0.4, 0.5) is 0 Å². The molecular formula is C28H20BrCl3N4O. The van der Waals surface area contributed by atoms with E-state index in [0.29, 0.717) is 44.7 Å². The van der Waals surface area contributed by atoms with Gasteiger partial charge in [0, 0.05) is 25.6 Å². The smallest absolute Gasteiger partial charge is 0.268 e. The van der Waals surface area contributed by atoms with Gasteiger partial charge in [0.05, 0.1) is 21.8 Å². The Bertz CT molecular complexity index is 1620. The Morgan fingerprint density at radius 2 is 1.70 bits per heavy atom. The van der Waals surface area contributed by atoms with Crippen LogP contribution >= 0.6 is 50.7 Å². The van der Waals surface area contributed by atoms with E-state index in [4.69, 9.17) is 44.3 Å². The zero-order valence-corrected chi connectivity index (χ0v) is 23.5. The molecular weight excluding hydrogens is 595 g/mol. The van der Waals surface area contributed by atoms with E-state index in [9.17, 15) is 0 Å². The van der Waals surface area contributed by atoms with Gasteiger partial charge in [-0.25, -0.2) is 4.68 Å². The highest BCUT2D eigenvalue weighted by Gasteiger charge is 2.51. The van der Waals surface area contributed by atoms with Crippen LogP contribution in [0.2, 0.25) is 15.1 Å². The maximum absolute atomic E-state index is 6.64. The molecule has 2 heterocycles. The van der Waals surface area contributed by atoms with Gasteiger partial charge in [-0.15, -0.1) is 10.2 Å². The molecule has 9 heteroatoms. The number of benzene rings is 3. The van der Waals surface area contributed by atoms with E-state index < -0.39 is 0 Å². The van der Waals surface area contributed by atoms with Crippen molar-refractivity contribution in [3.8, 4) is 28.5 Å². The van der Waals surface area contributed by atoms with Gasteiger partial charge in [-0.1, -0.05) is 81.9 Å². The number of aromatic nitrogens is 4. The van der Waals surface area contributed by atoms with Gasteiger partial charge in [-0.05, 0) is 67.3 Å². The summed E-state index contributed by atoms with van der Waals surface area (Å²) in [6.07, 6.45) is 2.55. The lowest BCUT2D eigenvalue weighted by molar-refractivity contribution is 0.470. The fourth-order valence-electron chi connectivity index (χ4n) is 4.74. The van der Waals surface area contributed by atoms with Gasteiger partial charge in [0.25, 0.3) is 5.89 Å². The SMILES string of the molecule is CCc1c(-c2nnc(C3(c4cccc(Cl)c4)CC3)o2)nn(-c2ccc(Cl)cc2Cl)c1-c1ccc(Br)cc1. The quantitative estimate of drug-likeness (QED) is 0.192. The lowest BCUT2D eigenvalue weighted by Gasteiger charge is -2.11. The van der Waals surface area contributed by atoms with E-state index in [2.05, 4.69) is 39.1 Å². The first-order valence-corrected chi connectivity index (χ1v) is 13.8. The molecule has 2 aromatic heterocycles. The van der Waals surface area contributed by atoms with E-state index in [0.717, 1.165) is 39.7 Å². The first kappa shape index (κ1) is 24.7. The van der Waals surface area contributed by atoms with Crippen molar-refractivity contribution in [3.63, 3.8) is 0 Å². The Balaban J connectivity index is 1.51. The lowest BCUT2D eigenvalue weighted by Crippen LogP contribution is -2.09. The molecule has 0 spiro atoms. The summed E-state index contributed by atoms with van der Waals surface area (Å²) in [5.74, 6) is 0.957. The molecule has 0 aliphatic heterocycles. The van der Waals surface area contributed by atoms with Gasteiger partial charge >= 0.3 is 0 Å². The van der Waals surface area contributed by atoms with Crippen molar-refractivity contribution >= 4 is 50.7 Å². The number of halogens is 4. The van der Waals surface area contributed by atoms with Crippen molar-refractivity contribution in [3.05, 3.63) is 103 Å². The van der Waals surface area contributed by atoms with Crippen molar-refractivity contribution < 1.29 is 4.42 Å². The van der Waals surface area contributed by atoms with Crippen molar-refractivity contribution in [1.29, 1.82) is 0 Å². The molecule has 3 aromatic carbocycles. The van der Waals surface area contributed by atoms with Gasteiger partial charge in [0.1, 0.15) is 0 Å².